The highest BCUT2D eigenvalue weighted by atomic mass is 16.5. The van der Waals surface area contributed by atoms with Crippen molar-refractivity contribution < 1.29 is 9.53 Å². The van der Waals surface area contributed by atoms with E-state index in [9.17, 15) is 4.79 Å². The van der Waals surface area contributed by atoms with E-state index in [0.29, 0.717) is 32.1 Å². The Bertz CT molecular complexity index is 1540. The number of nitrogens with zero attached hydrogens (tertiary/aromatic N) is 7. The van der Waals surface area contributed by atoms with Gasteiger partial charge >= 0.3 is 0 Å². The largest absolute Gasteiger partial charge is 0.481 e. The van der Waals surface area contributed by atoms with Crippen LogP contribution in [-0.2, 0) is 4.79 Å². The van der Waals surface area contributed by atoms with Gasteiger partial charge in [0.1, 0.15) is 5.52 Å². The van der Waals surface area contributed by atoms with Gasteiger partial charge in [-0.2, -0.15) is 10.4 Å². The van der Waals surface area contributed by atoms with E-state index in [1.165, 1.54) is 38.9 Å². The van der Waals surface area contributed by atoms with Crippen LogP contribution in [0, 0.1) is 18.3 Å². The number of hydrogen-bond acceptors (Lipinski definition) is 8. The maximum absolute atomic E-state index is 11.9. The van der Waals surface area contributed by atoms with Crippen LogP contribution in [0.25, 0.3) is 33.1 Å². The third-order valence-electron chi connectivity index (χ3n) is 7.37. The molecule has 3 aromatic heterocycles. The quantitative estimate of drug-likeness (QED) is 0.365. The Morgan fingerprint density at radius 3 is 2.44 bits per heavy atom. The Kier molecular flexibility index (Phi) is 9.87. The minimum absolute atomic E-state index is 0.0339. The lowest BCUT2D eigenvalue weighted by Gasteiger charge is -2.36. The van der Waals surface area contributed by atoms with Crippen molar-refractivity contribution in [2.24, 2.45) is 0 Å². The van der Waals surface area contributed by atoms with Gasteiger partial charge < -0.3 is 19.4 Å². The average Bonchev–Trinajstić information content (AvgIpc) is 3.68. The van der Waals surface area contributed by atoms with E-state index in [-0.39, 0.29) is 5.91 Å². The van der Waals surface area contributed by atoms with Gasteiger partial charge in [-0.25, -0.2) is 4.98 Å². The zero-order valence-corrected chi connectivity index (χ0v) is 24.4. The Hall–Kier alpha value is -4.49. The summed E-state index contributed by atoms with van der Waals surface area (Å²) < 4.78 is 5.50. The fourth-order valence-corrected chi connectivity index (χ4v) is 5.24. The monoisotopic (exact) mass is 554 g/mol. The first-order valence-corrected chi connectivity index (χ1v) is 13.8. The van der Waals surface area contributed by atoms with Crippen molar-refractivity contribution >= 4 is 33.5 Å². The van der Waals surface area contributed by atoms with Crippen molar-refractivity contribution in [3.63, 3.8) is 0 Å². The molecular weight excluding hydrogens is 516 g/mol. The second-order valence-electron chi connectivity index (χ2n) is 10.1. The summed E-state index contributed by atoms with van der Waals surface area (Å²) in [6.45, 7) is 12.4. The van der Waals surface area contributed by atoms with Gasteiger partial charge in [-0.15, -0.1) is 0 Å². The molecule has 2 aliphatic heterocycles. The third kappa shape index (κ3) is 6.81. The molecule has 0 saturated carbocycles. The number of aryl methyl sites for hydroxylation is 1. The Labute approximate surface area is 241 Å². The Balaban J connectivity index is 0.000000372. The number of nitrogens with one attached hydrogen (secondary N) is 1. The summed E-state index contributed by atoms with van der Waals surface area (Å²) in [6, 6.07) is 9.84. The van der Waals surface area contributed by atoms with Gasteiger partial charge in [-0.1, -0.05) is 12.6 Å². The third-order valence-corrected chi connectivity index (χ3v) is 7.37. The number of fused-ring (bicyclic) bond motifs is 2. The molecule has 0 bridgehead atoms. The van der Waals surface area contributed by atoms with Crippen molar-refractivity contribution in [3.05, 3.63) is 54.9 Å². The molecule has 1 N–H and O–H groups in total. The second kappa shape index (κ2) is 13.7. The summed E-state index contributed by atoms with van der Waals surface area (Å²) in [5, 5.41) is 15.6. The van der Waals surface area contributed by atoms with E-state index in [0.717, 1.165) is 44.3 Å². The molecular formula is C31H38N8O2. The molecule has 2 fully saturated rings. The summed E-state index contributed by atoms with van der Waals surface area (Å²) in [5.74, 6) is 0.502. The van der Waals surface area contributed by atoms with E-state index in [1.54, 1.807) is 13.2 Å². The highest BCUT2D eigenvalue weighted by molar-refractivity contribution is 5.99. The number of aromatic nitrogens is 4. The van der Waals surface area contributed by atoms with Crippen molar-refractivity contribution in [1.82, 2.24) is 30.0 Å². The first-order valence-electron chi connectivity index (χ1n) is 13.8. The van der Waals surface area contributed by atoms with Crippen molar-refractivity contribution in [2.45, 2.75) is 26.7 Å². The Morgan fingerprint density at radius 2 is 1.83 bits per heavy atom. The summed E-state index contributed by atoms with van der Waals surface area (Å²) in [5.41, 5.74) is 6.74. The molecule has 214 valence electrons. The molecule has 4 aromatic rings. The number of likely N-dealkylation sites (tertiary alicyclic amines) is 1. The number of ether oxygens (including phenoxy) is 1. The molecule has 10 nitrogen and oxygen atoms in total. The van der Waals surface area contributed by atoms with Crippen LogP contribution < -0.4 is 9.64 Å². The molecule has 6 rings (SSSR count). The van der Waals surface area contributed by atoms with Crippen LogP contribution >= 0.6 is 0 Å². The molecule has 1 amide bonds. The topological polar surface area (TPSA) is 114 Å². The van der Waals surface area contributed by atoms with Crippen LogP contribution in [0.4, 0.5) is 5.69 Å². The molecule has 0 unspecified atom stereocenters. The smallest absolute Gasteiger partial charge is 0.246 e. The average molecular weight is 555 g/mol. The number of pyridine rings is 2. The van der Waals surface area contributed by atoms with Crippen LogP contribution in [0.5, 0.6) is 5.88 Å². The molecule has 10 heteroatoms. The predicted octanol–water partition coefficient (Wildman–Crippen LogP) is 4.57. The van der Waals surface area contributed by atoms with Gasteiger partial charge in [-0.3, -0.25) is 14.9 Å². The highest BCUT2D eigenvalue weighted by Gasteiger charge is 2.23. The number of methoxy groups -OCH3 is 1. The van der Waals surface area contributed by atoms with Crippen LogP contribution in [0.15, 0.2) is 49.3 Å². The maximum Gasteiger partial charge on any atom is 0.246 e. The van der Waals surface area contributed by atoms with E-state index in [4.69, 9.17) is 15.0 Å². The summed E-state index contributed by atoms with van der Waals surface area (Å²) in [4.78, 5) is 27.8. The lowest BCUT2D eigenvalue weighted by atomic mass is 9.98. The zero-order valence-electron chi connectivity index (χ0n) is 24.4. The van der Waals surface area contributed by atoms with Crippen molar-refractivity contribution in [3.8, 4) is 23.1 Å². The fraction of sp³-hybridized carbons (Fsp3) is 0.387. The van der Waals surface area contributed by atoms with E-state index < -0.39 is 0 Å². The number of piperazine rings is 1. The number of H-pyrrole nitrogens is 1. The summed E-state index contributed by atoms with van der Waals surface area (Å²) >= 11 is 0. The maximum atomic E-state index is 11.9. The lowest BCUT2D eigenvalue weighted by molar-refractivity contribution is -0.126. The molecule has 0 atom stereocenters. The molecule has 0 radical (unpaired) electrons. The predicted molar refractivity (Wildman–Crippen MR) is 163 cm³/mol. The van der Waals surface area contributed by atoms with Gasteiger partial charge in [0.25, 0.3) is 0 Å². The number of benzene rings is 1. The first-order chi connectivity index (χ1) is 19.9. The summed E-state index contributed by atoms with van der Waals surface area (Å²) in [6.07, 6.45) is 7.93. The lowest BCUT2D eigenvalue weighted by Crippen LogP contribution is -2.48. The molecule has 1 aromatic carbocycles. The number of carbonyl (C=O) groups excluding carboxylic acids is 1. The first kappa shape index (κ1) is 29.5. The van der Waals surface area contributed by atoms with Crippen LogP contribution in [-0.4, -0.2) is 89.3 Å². The Morgan fingerprint density at radius 1 is 1.12 bits per heavy atom. The number of rotatable bonds is 4. The minimum atomic E-state index is -0.0339. The van der Waals surface area contributed by atoms with Gasteiger partial charge in [0.2, 0.25) is 11.8 Å². The highest BCUT2D eigenvalue weighted by Crippen LogP contribution is 2.35. The molecule has 2 saturated heterocycles. The van der Waals surface area contributed by atoms with E-state index in [1.807, 2.05) is 29.4 Å². The van der Waals surface area contributed by atoms with E-state index >= 15 is 0 Å². The van der Waals surface area contributed by atoms with Crippen molar-refractivity contribution in [2.75, 3.05) is 58.3 Å². The normalized spacial score (nSPS) is 15.0. The molecule has 0 aliphatic carbocycles. The SMILES string of the molecule is C=CC(=O)N1CCN(c2cc(OC)nc3cc(-c4c(C)ccc5[nH]ncc45)cnc23)CC1.CC#N.CN1CCCC1. The van der Waals surface area contributed by atoms with Gasteiger partial charge in [0, 0.05) is 56.3 Å². The number of amides is 1. The van der Waals surface area contributed by atoms with Crippen LogP contribution in [0.3, 0.4) is 0 Å². The van der Waals surface area contributed by atoms with Crippen molar-refractivity contribution in [1.29, 1.82) is 5.26 Å². The number of nitriles is 1. The standard InChI is InChI=1S/C24H24N6O2.C5H11N.C2H3N/c1-4-22(31)30-9-7-29(8-10-30)20-12-21(32-3)27-19-11-16(13-25-24(19)20)23-15(2)5-6-18-17(23)14-26-28-18;1-6-4-2-3-5-6;1-2-3/h4-6,11-14H,1,7-10H2,2-3H3,(H,26,28);2-5H2,1H3;1H3. The van der Waals surface area contributed by atoms with Crippen LogP contribution in [0.1, 0.15) is 25.3 Å². The van der Waals surface area contributed by atoms with E-state index in [2.05, 4.69) is 57.7 Å². The van der Waals surface area contributed by atoms with Crippen LogP contribution in [0.2, 0.25) is 0 Å². The molecule has 41 heavy (non-hydrogen) atoms. The zero-order chi connectivity index (χ0) is 29.4. The molecule has 5 heterocycles. The number of anilines is 1. The number of hydrogen-bond donors (Lipinski definition) is 1. The molecule has 2 aliphatic rings. The fourth-order valence-electron chi connectivity index (χ4n) is 5.24. The number of carbonyl (C=O) groups is 1. The second-order valence-corrected chi connectivity index (χ2v) is 10.1. The van der Waals surface area contributed by atoms with Gasteiger partial charge in [0.05, 0.1) is 36.1 Å². The van der Waals surface area contributed by atoms with Gasteiger partial charge in [0.15, 0.2) is 0 Å². The minimum Gasteiger partial charge on any atom is -0.481 e. The van der Waals surface area contributed by atoms with Gasteiger partial charge in [-0.05, 0) is 69.2 Å². The molecule has 0 spiro atoms. The number of aromatic amines is 1. The summed E-state index contributed by atoms with van der Waals surface area (Å²) in [7, 11) is 3.79.